The molecular weight excluding hydrogens is 344 g/mol. The number of benzene rings is 1. The third kappa shape index (κ3) is 4.78. The number of aromatic nitrogens is 2. The molecule has 8 nitrogen and oxygen atoms in total. The van der Waals surface area contributed by atoms with Gasteiger partial charge in [0.05, 0.1) is 7.11 Å². The zero-order valence-electron chi connectivity index (χ0n) is 16.0. The Bertz CT molecular complexity index is 790. The van der Waals surface area contributed by atoms with Crippen LogP contribution in [0.3, 0.4) is 0 Å². The van der Waals surface area contributed by atoms with Crippen LogP contribution in [-0.2, 0) is 0 Å². The molecule has 27 heavy (non-hydrogen) atoms. The smallest absolute Gasteiger partial charge is 0.321 e. The number of carbonyl (C=O) groups excluding carboxylic acids is 1. The van der Waals surface area contributed by atoms with Crippen molar-refractivity contribution in [1.29, 1.82) is 0 Å². The highest BCUT2D eigenvalue weighted by Gasteiger charge is 2.22. The molecule has 0 radical (unpaired) electrons. The number of anilines is 3. The summed E-state index contributed by atoms with van der Waals surface area (Å²) in [4.78, 5) is 25.5. The topological polar surface area (TPSA) is 82.6 Å². The molecule has 0 saturated carbocycles. The van der Waals surface area contributed by atoms with Gasteiger partial charge in [-0.05, 0) is 26.0 Å². The van der Waals surface area contributed by atoms with Crippen LogP contribution in [0, 0.1) is 6.92 Å². The van der Waals surface area contributed by atoms with Crippen LogP contribution in [-0.4, -0.2) is 60.7 Å². The number of nitrogens with zero attached hydrogens (tertiary/aromatic N) is 4. The lowest BCUT2D eigenvalue weighted by atomic mass is 10.3. The van der Waals surface area contributed by atoms with E-state index in [1.54, 1.807) is 13.2 Å². The van der Waals surface area contributed by atoms with E-state index in [0.29, 0.717) is 24.8 Å². The summed E-state index contributed by atoms with van der Waals surface area (Å²) >= 11 is 0. The van der Waals surface area contributed by atoms with Crippen molar-refractivity contribution in [3.63, 3.8) is 0 Å². The van der Waals surface area contributed by atoms with Gasteiger partial charge in [0.15, 0.2) is 0 Å². The van der Waals surface area contributed by atoms with E-state index in [0.717, 1.165) is 36.8 Å². The molecule has 0 atom stereocenters. The Kier molecular flexibility index (Phi) is 5.95. The van der Waals surface area contributed by atoms with Crippen molar-refractivity contribution >= 4 is 23.5 Å². The maximum atomic E-state index is 12.5. The first-order valence-electron chi connectivity index (χ1n) is 9.13. The number of rotatable bonds is 5. The lowest BCUT2D eigenvalue weighted by Gasteiger charge is -2.35. The highest BCUT2D eigenvalue weighted by atomic mass is 16.5. The Hall–Kier alpha value is -3.03. The fourth-order valence-electron chi connectivity index (χ4n) is 2.99. The van der Waals surface area contributed by atoms with Crippen molar-refractivity contribution in [1.82, 2.24) is 14.9 Å². The van der Waals surface area contributed by atoms with E-state index in [1.807, 2.05) is 43.0 Å². The van der Waals surface area contributed by atoms with Gasteiger partial charge in [-0.25, -0.2) is 9.78 Å². The summed E-state index contributed by atoms with van der Waals surface area (Å²) in [5.74, 6) is 2.25. The number of aryl methyl sites for hydroxylation is 1. The zero-order valence-corrected chi connectivity index (χ0v) is 16.0. The first-order chi connectivity index (χ1) is 13.1. The molecule has 2 amide bonds. The van der Waals surface area contributed by atoms with E-state index < -0.39 is 0 Å². The van der Waals surface area contributed by atoms with Crippen LogP contribution in [0.2, 0.25) is 0 Å². The second-order valence-corrected chi connectivity index (χ2v) is 6.36. The Labute approximate surface area is 159 Å². The molecule has 8 heteroatoms. The summed E-state index contributed by atoms with van der Waals surface area (Å²) in [5, 5.41) is 6.09. The number of methoxy groups -OCH3 is 1. The molecule has 1 saturated heterocycles. The van der Waals surface area contributed by atoms with Gasteiger partial charge in [0.2, 0.25) is 5.95 Å². The number of ether oxygens (including phenoxy) is 1. The minimum atomic E-state index is -0.102. The molecule has 1 fully saturated rings. The van der Waals surface area contributed by atoms with Gasteiger partial charge in [0, 0.05) is 56.2 Å². The van der Waals surface area contributed by atoms with E-state index >= 15 is 0 Å². The van der Waals surface area contributed by atoms with Crippen molar-refractivity contribution in [3.05, 3.63) is 36.0 Å². The minimum absolute atomic E-state index is 0.102. The largest absolute Gasteiger partial charge is 0.497 e. The highest BCUT2D eigenvalue weighted by molar-refractivity contribution is 5.89. The summed E-state index contributed by atoms with van der Waals surface area (Å²) in [5.41, 5.74) is 1.65. The van der Waals surface area contributed by atoms with Crippen LogP contribution in [0.4, 0.5) is 22.2 Å². The first kappa shape index (κ1) is 18.8. The maximum Gasteiger partial charge on any atom is 0.321 e. The molecule has 1 aliphatic heterocycles. The van der Waals surface area contributed by atoms with Gasteiger partial charge < -0.3 is 25.2 Å². The number of nitrogens with one attached hydrogen (secondary N) is 2. The first-order valence-corrected chi connectivity index (χ1v) is 9.13. The Morgan fingerprint density at radius 2 is 1.96 bits per heavy atom. The minimum Gasteiger partial charge on any atom is -0.497 e. The van der Waals surface area contributed by atoms with Gasteiger partial charge in [0.1, 0.15) is 11.6 Å². The zero-order chi connectivity index (χ0) is 19.2. The van der Waals surface area contributed by atoms with Crippen molar-refractivity contribution in [2.75, 3.05) is 55.4 Å². The van der Waals surface area contributed by atoms with Crippen molar-refractivity contribution in [2.24, 2.45) is 0 Å². The second-order valence-electron chi connectivity index (χ2n) is 6.36. The standard InChI is InChI=1S/C19H26N6O2/c1-4-20-18-21-14(2)12-17(23-18)24-8-10-25(11-9-24)19(26)22-15-6-5-7-16(13-15)27-3/h5-7,12-13H,4,8-11H2,1-3H3,(H,22,26)(H,20,21,23). The molecule has 1 aromatic heterocycles. The quantitative estimate of drug-likeness (QED) is 0.842. The third-order valence-electron chi connectivity index (χ3n) is 4.39. The summed E-state index contributed by atoms with van der Waals surface area (Å²) in [6.45, 7) is 7.49. The molecule has 2 N–H and O–H groups in total. The molecule has 0 bridgehead atoms. The van der Waals surface area contributed by atoms with Crippen LogP contribution in [0.5, 0.6) is 5.75 Å². The van der Waals surface area contributed by atoms with Crippen molar-refractivity contribution < 1.29 is 9.53 Å². The van der Waals surface area contributed by atoms with Gasteiger partial charge in [0.25, 0.3) is 0 Å². The maximum absolute atomic E-state index is 12.5. The molecule has 0 aliphatic carbocycles. The number of amides is 2. The molecule has 1 aromatic carbocycles. The Morgan fingerprint density at radius 3 is 2.67 bits per heavy atom. The van der Waals surface area contributed by atoms with Crippen LogP contribution < -0.4 is 20.3 Å². The number of piperazine rings is 1. The molecule has 3 rings (SSSR count). The van der Waals surface area contributed by atoms with Gasteiger partial charge in [-0.2, -0.15) is 4.98 Å². The average molecular weight is 370 g/mol. The fourth-order valence-corrected chi connectivity index (χ4v) is 2.99. The van der Waals surface area contributed by atoms with E-state index in [4.69, 9.17) is 4.74 Å². The summed E-state index contributed by atoms with van der Waals surface area (Å²) < 4.78 is 5.19. The van der Waals surface area contributed by atoms with E-state index in [9.17, 15) is 4.79 Å². The lowest BCUT2D eigenvalue weighted by Crippen LogP contribution is -2.50. The molecule has 2 aromatic rings. The summed E-state index contributed by atoms with van der Waals surface area (Å²) in [7, 11) is 1.61. The number of hydrogen-bond donors (Lipinski definition) is 2. The lowest BCUT2D eigenvalue weighted by molar-refractivity contribution is 0.208. The molecule has 0 spiro atoms. The predicted octanol–water partition coefficient (Wildman–Crippen LogP) is 2.58. The van der Waals surface area contributed by atoms with Crippen LogP contribution in [0.1, 0.15) is 12.6 Å². The molecule has 0 unspecified atom stereocenters. The highest BCUT2D eigenvalue weighted by Crippen LogP contribution is 2.19. The van der Waals surface area contributed by atoms with Crippen molar-refractivity contribution in [2.45, 2.75) is 13.8 Å². The van der Waals surface area contributed by atoms with E-state index in [-0.39, 0.29) is 6.03 Å². The van der Waals surface area contributed by atoms with Crippen LogP contribution in [0.25, 0.3) is 0 Å². The van der Waals surface area contributed by atoms with Gasteiger partial charge in [-0.15, -0.1) is 0 Å². The SMILES string of the molecule is CCNc1nc(C)cc(N2CCN(C(=O)Nc3cccc(OC)c3)CC2)n1. The normalized spacial score (nSPS) is 14.0. The Morgan fingerprint density at radius 1 is 1.19 bits per heavy atom. The third-order valence-corrected chi connectivity index (χ3v) is 4.39. The van der Waals surface area contributed by atoms with E-state index in [2.05, 4.69) is 25.5 Å². The summed E-state index contributed by atoms with van der Waals surface area (Å²) in [6, 6.07) is 9.23. The molecule has 1 aliphatic rings. The fraction of sp³-hybridized carbons (Fsp3) is 0.421. The number of urea groups is 1. The predicted molar refractivity (Wildman–Crippen MR) is 107 cm³/mol. The van der Waals surface area contributed by atoms with Gasteiger partial charge in [-0.1, -0.05) is 6.07 Å². The van der Waals surface area contributed by atoms with Gasteiger partial charge in [-0.3, -0.25) is 0 Å². The summed E-state index contributed by atoms with van der Waals surface area (Å²) in [6.07, 6.45) is 0. The monoisotopic (exact) mass is 370 g/mol. The van der Waals surface area contributed by atoms with Crippen LogP contribution >= 0.6 is 0 Å². The second kappa shape index (κ2) is 8.57. The van der Waals surface area contributed by atoms with Gasteiger partial charge >= 0.3 is 6.03 Å². The molecular formula is C19H26N6O2. The number of hydrogen-bond acceptors (Lipinski definition) is 6. The average Bonchev–Trinajstić information content (AvgIpc) is 2.68. The number of carbonyl (C=O) groups is 1. The van der Waals surface area contributed by atoms with Crippen LogP contribution in [0.15, 0.2) is 30.3 Å². The molecule has 144 valence electrons. The van der Waals surface area contributed by atoms with E-state index in [1.165, 1.54) is 0 Å². The molecule has 2 heterocycles. The Balaban J connectivity index is 1.59. The van der Waals surface area contributed by atoms with Crippen molar-refractivity contribution in [3.8, 4) is 5.75 Å².